The van der Waals surface area contributed by atoms with Crippen LogP contribution in [0.4, 0.5) is 19.0 Å². The first-order valence-electron chi connectivity index (χ1n) is 9.73. The van der Waals surface area contributed by atoms with Crippen LogP contribution in [0, 0.1) is 6.92 Å². The number of aliphatic hydroxyl groups is 1. The van der Waals surface area contributed by atoms with E-state index in [1.165, 1.54) is 0 Å². The van der Waals surface area contributed by atoms with Crippen LogP contribution in [-0.4, -0.2) is 33.5 Å². The van der Waals surface area contributed by atoms with Gasteiger partial charge in [-0.25, -0.2) is 4.68 Å². The molecular weight excluding hydrogens is 498 g/mol. The molecule has 0 spiro atoms. The van der Waals surface area contributed by atoms with E-state index >= 15 is 0 Å². The van der Waals surface area contributed by atoms with Gasteiger partial charge in [-0.1, -0.05) is 35.3 Å². The number of ketones is 1. The molecule has 0 bridgehead atoms. The fourth-order valence-electron chi connectivity index (χ4n) is 3.36. The van der Waals surface area contributed by atoms with Gasteiger partial charge in [0.1, 0.15) is 16.5 Å². The lowest BCUT2D eigenvalue weighted by Crippen LogP contribution is -2.11. The van der Waals surface area contributed by atoms with Crippen LogP contribution in [0.1, 0.15) is 39.0 Å². The Hall–Kier alpha value is -2.20. The van der Waals surface area contributed by atoms with Gasteiger partial charge in [-0.05, 0) is 55.3 Å². The molecule has 1 aromatic heterocycles. The van der Waals surface area contributed by atoms with Crippen LogP contribution in [0.15, 0.2) is 35.4 Å². The van der Waals surface area contributed by atoms with Crippen LogP contribution in [0.2, 0.25) is 10.0 Å². The minimum absolute atomic E-state index is 0.0299. The van der Waals surface area contributed by atoms with E-state index in [9.17, 15) is 18.0 Å². The van der Waals surface area contributed by atoms with Gasteiger partial charge in [0.05, 0.1) is 21.2 Å². The fraction of sp³-hybridized carbons (Fsp3) is 0.273. The van der Waals surface area contributed by atoms with Crippen molar-refractivity contribution in [3.05, 3.63) is 68.2 Å². The number of alkyl halides is 3. The summed E-state index contributed by atoms with van der Waals surface area (Å²) in [6.45, 7) is 1.81. The number of halogens is 5. The largest absolute Gasteiger partial charge is 0.416 e. The second kappa shape index (κ2) is 9.97. The summed E-state index contributed by atoms with van der Waals surface area (Å²) in [5.74, 6) is -0.473. The molecule has 33 heavy (non-hydrogen) atoms. The van der Waals surface area contributed by atoms with Crippen molar-refractivity contribution in [1.82, 2.24) is 9.78 Å². The lowest BCUT2D eigenvalue weighted by Gasteiger charge is -2.13. The Bertz CT molecular complexity index is 1190. The summed E-state index contributed by atoms with van der Waals surface area (Å²) < 4.78 is 40.4. The van der Waals surface area contributed by atoms with Gasteiger partial charge >= 0.3 is 6.18 Å². The van der Waals surface area contributed by atoms with Crippen molar-refractivity contribution in [2.75, 3.05) is 18.6 Å². The molecule has 3 rings (SSSR count). The average molecular weight is 518 g/mol. The van der Waals surface area contributed by atoms with Gasteiger partial charge in [0.15, 0.2) is 5.78 Å². The Kier molecular flexibility index (Phi) is 7.68. The van der Waals surface area contributed by atoms with Crippen molar-refractivity contribution in [3.63, 3.8) is 0 Å². The molecule has 0 saturated carbocycles. The van der Waals surface area contributed by atoms with Gasteiger partial charge in [0.25, 0.3) is 0 Å². The minimum Gasteiger partial charge on any atom is -0.396 e. The van der Waals surface area contributed by atoms with Crippen molar-refractivity contribution < 1.29 is 23.1 Å². The van der Waals surface area contributed by atoms with Crippen LogP contribution in [0.5, 0.6) is 0 Å². The molecule has 0 atom stereocenters. The second-order valence-corrected chi connectivity index (χ2v) is 8.88. The number of nitrogens with zero attached hydrogens (tertiary/aromatic N) is 2. The summed E-state index contributed by atoms with van der Waals surface area (Å²) in [5.41, 5.74) is 7.33. The van der Waals surface area contributed by atoms with Crippen LogP contribution in [0.25, 0.3) is 5.69 Å². The van der Waals surface area contributed by atoms with Gasteiger partial charge in [0.2, 0.25) is 0 Å². The van der Waals surface area contributed by atoms with E-state index in [4.69, 9.17) is 34.0 Å². The summed E-state index contributed by atoms with van der Waals surface area (Å²) in [7, 11) is 0. The van der Waals surface area contributed by atoms with Crippen LogP contribution >= 0.6 is 35.0 Å². The molecule has 0 amide bonds. The lowest BCUT2D eigenvalue weighted by atomic mass is 9.96. The molecule has 2 aromatic carbocycles. The normalized spacial score (nSPS) is 11.8. The number of anilines is 1. The van der Waals surface area contributed by atoms with Crippen molar-refractivity contribution in [3.8, 4) is 5.69 Å². The predicted octanol–water partition coefficient (Wildman–Crippen LogP) is 5.97. The minimum atomic E-state index is -4.63. The number of aromatic nitrogens is 2. The molecule has 3 aromatic rings. The smallest absolute Gasteiger partial charge is 0.396 e. The maximum Gasteiger partial charge on any atom is 0.416 e. The molecular formula is C22H20Cl2F3N3O2S. The zero-order chi connectivity index (χ0) is 24.5. The maximum absolute atomic E-state index is 13.5. The van der Waals surface area contributed by atoms with E-state index in [2.05, 4.69) is 5.10 Å². The Labute approximate surface area is 202 Å². The first-order chi connectivity index (χ1) is 15.5. The van der Waals surface area contributed by atoms with E-state index < -0.39 is 11.7 Å². The molecule has 0 fully saturated rings. The molecule has 0 aliphatic rings. The highest BCUT2D eigenvalue weighted by Gasteiger charge is 2.33. The molecule has 0 aliphatic heterocycles. The fourth-order valence-corrected chi connectivity index (χ4v) is 4.57. The number of aliphatic hydroxyl groups excluding tert-OH is 1. The highest BCUT2D eigenvalue weighted by atomic mass is 35.5. The maximum atomic E-state index is 13.5. The zero-order valence-corrected chi connectivity index (χ0v) is 20.0. The molecule has 11 heteroatoms. The molecule has 176 valence electrons. The van der Waals surface area contributed by atoms with E-state index in [1.807, 2.05) is 12.1 Å². The SMILES string of the molecule is CSc1nn(-c2c(Cl)cc(C(F)(F)F)cc2Cl)c(N)c1C(=O)c1cc(CCCO)ccc1C. The van der Waals surface area contributed by atoms with Gasteiger partial charge in [0, 0.05) is 12.2 Å². The Balaban J connectivity index is 2.13. The number of carbonyl (C=O) groups is 1. The first kappa shape index (κ1) is 25.4. The third kappa shape index (κ3) is 5.16. The molecule has 5 nitrogen and oxygen atoms in total. The zero-order valence-electron chi connectivity index (χ0n) is 17.6. The van der Waals surface area contributed by atoms with Crippen LogP contribution < -0.4 is 5.73 Å². The predicted molar refractivity (Wildman–Crippen MR) is 125 cm³/mol. The Morgan fingerprint density at radius 2 is 1.85 bits per heavy atom. The summed E-state index contributed by atoms with van der Waals surface area (Å²) in [6.07, 6.45) is -1.79. The summed E-state index contributed by atoms with van der Waals surface area (Å²) in [5, 5.41) is 13.1. The molecule has 3 N–H and O–H groups in total. The standard InChI is InChI=1S/C22H20Cl2F3N3O2S/c1-11-5-6-12(4-3-7-31)8-14(11)19(32)17-20(28)30(29-21(17)33-2)18-15(23)9-13(10-16(18)24)22(25,26)27/h5-6,8-10,31H,3-4,7,28H2,1-2H3. The number of aryl methyl sites for hydroxylation is 2. The molecule has 1 heterocycles. The van der Waals surface area contributed by atoms with E-state index in [0.717, 1.165) is 39.7 Å². The third-order valence-corrected chi connectivity index (χ3v) is 6.28. The summed E-state index contributed by atoms with van der Waals surface area (Å²) in [6, 6.07) is 6.90. The van der Waals surface area contributed by atoms with E-state index in [-0.39, 0.29) is 44.5 Å². The van der Waals surface area contributed by atoms with E-state index in [0.29, 0.717) is 18.4 Å². The molecule has 0 aliphatic carbocycles. The summed E-state index contributed by atoms with van der Waals surface area (Å²) >= 11 is 13.4. The Morgan fingerprint density at radius 1 is 1.21 bits per heavy atom. The number of hydrogen-bond acceptors (Lipinski definition) is 5. The second-order valence-electron chi connectivity index (χ2n) is 7.27. The number of nitrogen functional groups attached to an aromatic ring is 1. The van der Waals surface area contributed by atoms with Gasteiger partial charge < -0.3 is 10.8 Å². The number of hydrogen-bond donors (Lipinski definition) is 2. The summed E-state index contributed by atoms with van der Waals surface area (Å²) in [4.78, 5) is 13.5. The number of thioether (sulfide) groups is 1. The van der Waals surface area contributed by atoms with E-state index in [1.54, 1.807) is 19.2 Å². The number of nitrogens with two attached hydrogens (primary N) is 1. The first-order valence-corrected chi connectivity index (χ1v) is 11.7. The van der Waals surface area contributed by atoms with Gasteiger partial charge in [-0.2, -0.15) is 18.3 Å². The quantitative estimate of drug-likeness (QED) is 0.298. The van der Waals surface area contributed by atoms with Gasteiger partial charge in [-0.15, -0.1) is 11.8 Å². The average Bonchev–Trinajstić information content (AvgIpc) is 3.07. The number of benzene rings is 2. The van der Waals surface area contributed by atoms with Crippen molar-refractivity contribution in [1.29, 1.82) is 0 Å². The van der Waals surface area contributed by atoms with Crippen molar-refractivity contribution in [2.45, 2.75) is 31.0 Å². The number of rotatable bonds is 7. The highest BCUT2D eigenvalue weighted by molar-refractivity contribution is 7.98. The third-order valence-electron chi connectivity index (χ3n) is 5.04. The van der Waals surface area contributed by atoms with Crippen LogP contribution in [0.3, 0.4) is 0 Å². The molecule has 0 saturated heterocycles. The lowest BCUT2D eigenvalue weighted by molar-refractivity contribution is -0.137. The molecule has 0 unspecified atom stereocenters. The molecule has 0 radical (unpaired) electrons. The highest BCUT2D eigenvalue weighted by Crippen LogP contribution is 2.40. The number of carbonyl (C=O) groups excluding carboxylic acids is 1. The van der Waals surface area contributed by atoms with Crippen molar-refractivity contribution >= 4 is 46.6 Å². The monoisotopic (exact) mass is 517 g/mol. The topological polar surface area (TPSA) is 81.1 Å². The Morgan fingerprint density at radius 3 is 2.39 bits per heavy atom. The van der Waals surface area contributed by atoms with Crippen molar-refractivity contribution in [2.24, 2.45) is 0 Å². The van der Waals surface area contributed by atoms with Gasteiger partial charge in [-0.3, -0.25) is 4.79 Å². The van der Waals surface area contributed by atoms with Crippen LogP contribution in [-0.2, 0) is 12.6 Å².